The standard InChI is InChI=1S/C27H28ClFN2O6S/c1-16-6-7-17(29)12-23(16)36-14-21-19(10-11-22-25(21)31(4)26(32)27(2,3)30-22)20-9-8-18(13-24(20)35-5)37-38(33,34)15-28/h6-13,30H,14-15H2,1-5H3. The van der Waals surface area contributed by atoms with Crippen LogP contribution >= 0.6 is 11.6 Å². The molecular weight excluding hydrogens is 535 g/mol. The predicted octanol–water partition coefficient (Wildman–Crippen LogP) is 5.46. The number of aryl methyl sites for hydroxylation is 1. The number of carbonyl (C=O) groups is 1. The van der Waals surface area contributed by atoms with Crippen LogP contribution in [-0.2, 0) is 21.5 Å². The summed E-state index contributed by atoms with van der Waals surface area (Å²) in [5, 5.41) is 2.59. The van der Waals surface area contributed by atoms with E-state index in [0.717, 1.165) is 11.3 Å². The average molecular weight is 563 g/mol. The van der Waals surface area contributed by atoms with Crippen molar-refractivity contribution in [1.29, 1.82) is 0 Å². The van der Waals surface area contributed by atoms with E-state index >= 15 is 0 Å². The third-order valence-electron chi connectivity index (χ3n) is 6.25. The zero-order chi connectivity index (χ0) is 27.8. The Labute approximate surface area is 226 Å². The maximum absolute atomic E-state index is 13.9. The molecule has 1 N–H and O–H groups in total. The molecule has 0 radical (unpaired) electrons. The minimum Gasteiger partial charge on any atom is -0.496 e. The zero-order valence-electron chi connectivity index (χ0n) is 21.6. The number of nitrogens with zero attached hydrogens (tertiary/aromatic N) is 1. The summed E-state index contributed by atoms with van der Waals surface area (Å²) in [6.45, 7) is 5.41. The van der Waals surface area contributed by atoms with Crippen molar-refractivity contribution in [2.75, 3.05) is 29.6 Å². The largest absolute Gasteiger partial charge is 0.496 e. The van der Waals surface area contributed by atoms with Crippen LogP contribution in [0, 0.1) is 12.7 Å². The minimum absolute atomic E-state index is 0.00453. The average Bonchev–Trinajstić information content (AvgIpc) is 2.87. The van der Waals surface area contributed by atoms with Crippen molar-refractivity contribution in [1.82, 2.24) is 0 Å². The number of halogens is 2. The zero-order valence-corrected chi connectivity index (χ0v) is 23.2. The normalized spacial score (nSPS) is 14.5. The molecule has 3 aromatic rings. The lowest BCUT2D eigenvalue weighted by atomic mass is 9.91. The molecule has 0 aliphatic carbocycles. The van der Waals surface area contributed by atoms with Gasteiger partial charge in [-0.3, -0.25) is 4.79 Å². The van der Waals surface area contributed by atoms with Gasteiger partial charge in [-0.25, -0.2) is 4.39 Å². The molecule has 1 heterocycles. The third kappa shape index (κ3) is 5.37. The van der Waals surface area contributed by atoms with Crippen LogP contribution in [0.25, 0.3) is 11.1 Å². The molecule has 1 aliphatic rings. The van der Waals surface area contributed by atoms with Crippen molar-refractivity contribution in [3.05, 3.63) is 65.5 Å². The number of alkyl halides is 1. The summed E-state index contributed by atoms with van der Waals surface area (Å²) in [7, 11) is -0.822. The van der Waals surface area contributed by atoms with E-state index in [1.54, 1.807) is 37.9 Å². The topological polar surface area (TPSA) is 94.2 Å². The predicted molar refractivity (Wildman–Crippen MR) is 145 cm³/mol. The molecule has 4 rings (SSSR count). The van der Waals surface area contributed by atoms with Crippen molar-refractivity contribution < 1.29 is 31.3 Å². The van der Waals surface area contributed by atoms with Crippen LogP contribution in [0.1, 0.15) is 25.0 Å². The highest BCUT2D eigenvalue weighted by Crippen LogP contribution is 2.45. The van der Waals surface area contributed by atoms with Crippen molar-refractivity contribution in [2.45, 2.75) is 32.9 Å². The van der Waals surface area contributed by atoms with Crippen LogP contribution < -0.4 is 23.9 Å². The van der Waals surface area contributed by atoms with Crippen LogP contribution in [0.2, 0.25) is 0 Å². The van der Waals surface area contributed by atoms with E-state index in [1.165, 1.54) is 31.4 Å². The quantitative estimate of drug-likeness (QED) is 0.288. The fourth-order valence-corrected chi connectivity index (χ4v) is 5.00. The maximum Gasteiger partial charge on any atom is 0.323 e. The second-order valence-electron chi connectivity index (χ2n) is 9.41. The number of hydrogen-bond acceptors (Lipinski definition) is 7. The van der Waals surface area contributed by atoms with E-state index in [9.17, 15) is 17.6 Å². The molecule has 0 saturated heterocycles. The van der Waals surface area contributed by atoms with Crippen LogP contribution in [-0.4, -0.2) is 39.2 Å². The van der Waals surface area contributed by atoms with Gasteiger partial charge in [-0.1, -0.05) is 12.1 Å². The SMILES string of the molecule is COc1cc(OS(=O)(=O)CCl)ccc1-c1ccc2c(c1COc1cc(F)ccc1C)N(C)C(=O)C(C)(C)N2. The van der Waals surface area contributed by atoms with E-state index in [0.29, 0.717) is 33.9 Å². The molecule has 1 aliphatic heterocycles. The van der Waals surface area contributed by atoms with Gasteiger partial charge < -0.3 is 23.9 Å². The highest BCUT2D eigenvalue weighted by Gasteiger charge is 2.38. The highest BCUT2D eigenvalue weighted by molar-refractivity contribution is 7.88. The Morgan fingerprint density at radius 1 is 1.05 bits per heavy atom. The van der Waals surface area contributed by atoms with Crippen LogP contribution in [0.3, 0.4) is 0 Å². The molecular formula is C27H28ClFN2O6S. The van der Waals surface area contributed by atoms with E-state index < -0.39 is 26.7 Å². The number of hydrogen-bond donors (Lipinski definition) is 1. The van der Waals surface area contributed by atoms with E-state index in [4.69, 9.17) is 25.3 Å². The Hall–Kier alpha value is -3.50. The van der Waals surface area contributed by atoms with Crippen molar-refractivity contribution in [2.24, 2.45) is 0 Å². The van der Waals surface area contributed by atoms with Gasteiger partial charge in [0.15, 0.2) is 5.21 Å². The molecule has 0 saturated carbocycles. The summed E-state index contributed by atoms with van der Waals surface area (Å²) < 4.78 is 54.3. The monoisotopic (exact) mass is 562 g/mol. The summed E-state index contributed by atoms with van der Waals surface area (Å²) in [4.78, 5) is 14.7. The van der Waals surface area contributed by atoms with Gasteiger partial charge >= 0.3 is 10.1 Å². The minimum atomic E-state index is -3.96. The Kier molecular flexibility index (Phi) is 7.49. The van der Waals surface area contributed by atoms with Crippen LogP contribution in [0.15, 0.2) is 48.5 Å². The number of likely N-dealkylation sites (N-methyl/N-ethyl adjacent to an activating group) is 1. The Balaban J connectivity index is 1.87. The summed E-state index contributed by atoms with van der Waals surface area (Å²) in [5.74, 6) is 0.156. The number of nitrogens with one attached hydrogen (secondary N) is 1. The second-order valence-corrected chi connectivity index (χ2v) is 11.6. The lowest BCUT2D eigenvalue weighted by Gasteiger charge is -2.39. The van der Waals surface area contributed by atoms with Gasteiger partial charge in [0.2, 0.25) is 0 Å². The number of rotatable bonds is 8. The number of ether oxygens (including phenoxy) is 2. The molecule has 0 bridgehead atoms. The molecule has 38 heavy (non-hydrogen) atoms. The van der Waals surface area contributed by atoms with Crippen LogP contribution in [0.5, 0.6) is 17.2 Å². The number of amides is 1. The molecule has 11 heteroatoms. The lowest BCUT2D eigenvalue weighted by molar-refractivity contribution is -0.121. The number of benzene rings is 3. The first-order chi connectivity index (χ1) is 17.9. The Morgan fingerprint density at radius 3 is 2.45 bits per heavy atom. The number of carbonyl (C=O) groups excluding carboxylic acids is 1. The highest BCUT2D eigenvalue weighted by atomic mass is 35.5. The molecule has 0 spiro atoms. The van der Waals surface area contributed by atoms with Gasteiger partial charge in [0.1, 0.15) is 35.2 Å². The van der Waals surface area contributed by atoms with E-state index in [2.05, 4.69) is 5.32 Å². The fourth-order valence-electron chi connectivity index (χ4n) is 4.42. The number of anilines is 2. The molecule has 202 valence electrons. The fraction of sp³-hybridized carbons (Fsp3) is 0.296. The number of methoxy groups -OCH3 is 1. The second kappa shape index (κ2) is 10.3. The van der Waals surface area contributed by atoms with Crippen molar-refractivity contribution >= 4 is 39.0 Å². The molecule has 3 aromatic carbocycles. The van der Waals surface area contributed by atoms with Gasteiger partial charge in [-0.15, -0.1) is 11.6 Å². The van der Waals surface area contributed by atoms with Crippen molar-refractivity contribution in [3.63, 3.8) is 0 Å². The summed E-state index contributed by atoms with van der Waals surface area (Å²) in [6.07, 6.45) is 0. The van der Waals surface area contributed by atoms with Gasteiger partial charge in [-0.2, -0.15) is 8.42 Å². The third-order valence-corrected chi connectivity index (χ3v) is 7.76. The number of fused-ring (bicyclic) bond motifs is 1. The molecule has 1 amide bonds. The van der Waals surface area contributed by atoms with Gasteiger partial charge in [0.05, 0.1) is 18.5 Å². The van der Waals surface area contributed by atoms with Gasteiger partial charge in [-0.05, 0) is 56.2 Å². The first-order valence-corrected chi connectivity index (χ1v) is 13.8. The first-order valence-electron chi connectivity index (χ1n) is 11.6. The van der Waals surface area contributed by atoms with Gasteiger partial charge in [0, 0.05) is 30.3 Å². The van der Waals surface area contributed by atoms with E-state index in [-0.39, 0.29) is 18.3 Å². The molecule has 0 atom stereocenters. The maximum atomic E-state index is 13.9. The lowest BCUT2D eigenvalue weighted by Crippen LogP contribution is -2.52. The first kappa shape index (κ1) is 27.5. The molecule has 0 unspecified atom stereocenters. The summed E-state index contributed by atoms with van der Waals surface area (Å²) in [5.41, 5.74) is 3.17. The summed E-state index contributed by atoms with van der Waals surface area (Å²) >= 11 is 5.46. The molecule has 0 aromatic heterocycles. The smallest absolute Gasteiger partial charge is 0.323 e. The van der Waals surface area contributed by atoms with Crippen LogP contribution in [0.4, 0.5) is 15.8 Å². The molecule has 8 nitrogen and oxygen atoms in total. The van der Waals surface area contributed by atoms with E-state index in [1.807, 2.05) is 19.1 Å². The Bertz CT molecular complexity index is 1510. The molecule has 0 fully saturated rings. The van der Waals surface area contributed by atoms with Crippen molar-refractivity contribution in [3.8, 4) is 28.4 Å². The Morgan fingerprint density at radius 2 is 1.76 bits per heavy atom. The van der Waals surface area contributed by atoms with Gasteiger partial charge in [0.25, 0.3) is 5.91 Å². The summed E-state index contributed by atoms with van der Waals surface area (Å²) in [6, 6.07) is 12.6.